The van der Waals surface area contributed by atoms with Crippen LogP contribution in [0.4, 0.5) is 0 Å². The summed E-state index contributed by atoms with van der Waals surface area (Å²) < 4.78 is 0.413. The minimum Gasteiger partial charge on any atom is -0.507 e. The van der Waals surface area contributed by atoms with E-state index in [1.807, 2.05) is 12.1 Å². The van der Waals surface area contributed by atoms with E-state index >= 15 is 0 Å². The van der Waals surface area contributed by atoms with Crippen molar-refractivity contribution in [1.29, 1.82) is 0 Å². The molecule has 0 spiro atoms. The van der Waals surface area contributed by atoms with Gasteiger partial charge in [0.05, 0.1) is 10.5 Å². The van der Waals surface area contributed by atoms with Crippen molar-refractivity contribution in [2.24, 2.45) is 0 Å². The molecule has 1 fully saturated rings. The maximum atomic E-state index is 12.6. The highest BCUT2D eigenvalue weighted by Gasteiger charge is 2.31. The zero-order chi connectivity index (χ0) is 22.4. The molecule has 3 rings (SSSR count). The van der Waals surface area contributed by atoms with Crippen LogP contribution in [0.3, 0.4) is 0 Å². The third kappa shape index (κ3) is 5.84. The minimum atomic E-state index is -0.631. The summed E-state index contributed by atoms with van der Waals surface area (Å²) >= 11 is 12.6. The van der Waals surface area contributed by atoms with Crippen molar-refractivity contribution in [1.82, 2.24) is 15.8 Å². The summed E-state index contributed by atoms with van der Waals surface area (Å²) in [6.45, 7) is 0.269. The van der Waals surface area contributed by atoms with Crippen molar-refractivity contribution in [2.45, 2.75) is 12.8 Å². The summed E-state index contributed by atoms with van der Waals surface area (Å²) in [6, 6.07) is 13.2. The van der Waals surface area contributed by atoms with E-state index in [-0.39, 0.29) is 30.2 Å². The molecular weight excluding hydrogens is 458 g/mol. The molecule has 7 nitrogen and oxygen atoms in total. The fourth-order valence-corrected chi connectivity index (χ4v) is 4.24. The van der Waals surface area contributed by atoms with Crippen LogP contribution < -0.4 is 10.9 Å². The molecule has 0 bridgehead atoms. The molecule has 1 aliphatic rings. The number of thioether (sulfide) groups is 1. The molecule has 3 N–H and O–H groups in total. The zero-order valence-electron chi connectivity index (χ0n) is 16.1. The fraction of sp³-hybridized carbons (Fsp3) is 0.143. The quantitative estimate of drug-likeness (QED) is 0.336. The SMILES string of the molecule is O=C(CCCN1C(=O)/C(=C\c2ccccc2Cl)SC1=S)NNC(=O)c1ccccc1O. The average Bonchev–Trinajstić information content (AvgIpc) is 3.01. The van der Waals surface area contributed by atoms with E-state index in [4.69, 9.17) is 23.8 Å². The van der Waals surface area contributed by atoms with Gasteiger partial charge in [0.15, 0.2) is 0 Å². The molecule has 31 heavy (non-hydrogen) atoms. The van der Waals surface area contributed by atoms with Gasteiger partial charge in [-0.15, -0.1) is 0 Å². The van der Waals surface area contributed by atoms with E-state index in [0.717, 1.165) is 5.56 Å². The normalized spacial score (nSPS) is 14.7. The van der Waals surface area contributed by atoms with Crippen LogP contribution in [0, 0.1) is 0 Å². The van der Waals surface area contributed by atoms with Gasteiger partial charge >= 0.3 is 0 Å². The standard InChI is InChI=1S/C21H18ClN3O4S2/c22-15-8-3-1-6-13(15)12-17-20(29)25(21(30)31-17)11-5-10-18(27)23-24-19(28)14-7-2-4-9-16(14)26/h1-4,6-9,12,26H,5,10-11H2,(H,23,27)(H,24,28)/b17-12+. The highest BCUT2D eigenvalue weighted by atomic mass is 35.5. The number of nitrogens with zero attached hydrogens (tertiary/aromatic N) is 1. The number of amides is 3. The largest absolute Gasteiger partial charge is 0.507 e. The summed E-state index contributed by atoms with van der Waals surface area (Å²) in [5.74, 6) is -1.48. The van der Waals surface area contributed by atoms with Gasteiger partial charge in [-0.3, -0.25) is 30.1 Å². The van der Waals surface area contributed by atoms with E-state index in [1.165, 1.54) is 28.8 Å². The molecule has 3 amide bonds. The molecule has 160 valence electrons. The third-order valence-electron chi connectivity index (χ3n) is 4.32. The number of para-hydroxylation sites is 1. The average molecular weight is 476 g/mol. The number of hydrogen-bond donors (Lipinski definition) is 3. The van der Waals surface area contributed by atoms with Gasteiger partial charge in [0.25, 0.3) is 11.8 Å². The Kier molecular flexibility index (Phi) is 7.67. The number of phenolic OH excluding ortho intramolecular Hbond substituents is 1. The van der Waals surface area contributed by atoms with E-state index in [9.17, 15) is 19.5 Å². The Hall–Kier alpha value is -2.88. The lowest BCUT2D eigenvalue weighted by atomic mass is 10.2. The number of nitrogens with one attached hydrogen (secondary N) is 2. The fourth-order valence-electron chi connectivity index (χ4n) is 2.75. The molecule has 0 radical (unpaired) electrons. The number of hydrazine groups is 1. The number of carbonyl (C=O) groups is 3. The van der Waals surface area contributed by atoms with Gasteiger partial charge < -0.3 is 5.11 Å². The molecule has 0 aliphatic carbocycles. The first-order valence-corrected chi connectivity index (χ1v) is 10.8. The molecule has 0 aromatic heterocycles. The molecule has 0 unspecified atom stereocenters. The van der Waals surface area contributed by atoms with Crippen LogP contribution >= 0.6 is 35.6 Å². The molecule has 0 atom stereocenters. The van der Waals surface area contributed by atoms with Crippen LogP contribution in [-0.4, -0.2) is 38.6 Å². The van der Waals surface area contributed by atoms with Crippen molar-refractivity contribution in [2.75, 3.05) is 6.54 Å². The molecule has 0 saturated carbocycles. The second-order valence-corrected chi connectivity index (χ2v) is 8.56. The second kappa shape index (κ2) is 10.4. The Labute approximate surface area is 193 Å². The molecule has 1 heterocycles. The zero-order valence-corrected chi connectivity index (χ0v) is 18.5. The smallest absolute Gasteiger partial charge is 0.273 e. The summed E-state index contributed by atoms with van der Waals surface area (Å²) in [5.41, 5.74) is 5.30. The molecule has 1 aliphatic heterocycles. The number of halogens is 1. The summed E-state index contributed by atoms with van der Waals surface area (Å²) in [7, 11) is 0. The topological polar surface area (TPSA) is 98.7 Å². The lowest BCUT2D eigenvalue weighted by Crippen LogP contribution is -2.42. The van der Waals surface area contributed by atoms with Crippen LogP contribution in [0.5, 0.6) is 5.75 Å². The Morgan fingerprint density at radius 2 is 1.84 bits per heavy atom. The van der Waals surface area contributed by atoms with Crippen molar-refractivity contribution in [3.63, 3.8) is 0 Å². The summed E-state index contributed by atoms with van der Waals surface area (Å²) in [4.78, 5) is 38.5. The van der Waals surface area contributed by atoms with Gasteiger partial charge in [0.1, 0.15) is 10.1 Å². The first-order chi connectivity index (χ1) is 14.9. The molecule has 2 aromatic rings. The number of benzene rings is 2. The second-order valence-electron chi connectivity index (χ2n) is 6.48. The van der Waals surface area contributed by atoms with Gasteiger partial charge in [-0.2, -0.15) is 0 Å². The van der Waals surface area contributed by atoms with Crippen molar-refractivity contribution < 1.29 is 19.5 Å². The molecule has 1 saturated heterocycles. The highest BCUT2D eigenvalue weighted by Crippen LogP contribution is 2.33. The Morgan fingerprint density at radius 1 is 1.13 bits per heavy atom. The van der Waals surface area contributed by atoms with E-state index in [1.54, 1.807) is 30.3 Å². The van der Waals surface area contributed by atoms with Crippen molar-refractivity contribution in [3.8, 4) is 5.75 Å². The monoisotopic (exact) mass is 475 g/mol. The van der Waals surface area contributed by atoms with Crippen LogP contribution in [-0.2, 0) is 9.59 Å². The Bertz CT molecular complexity index is 1070. The van der Waals surface area contributed by atoms with Crippen molar-refractivity contribution in [3.05, 3.63) is 69.6 Å². The van der Waals surface area contributed by atoms with Gasteiger partial charge in [-0.25, -0.2) is 0 Å². The number of phenols is 1. The van der Waals surface area contributed by atoms with E-state index in [0.29, 0.717) is 20.7 Å². The minimum absolute atomic E-state index is 0.0469. The van der Waals surface area contributed by atoms with E-state index in [2.05, 4.69) is 10.9 Å². The maximum Gasteiger partial charge on any atom is 0.273 e. The predicted molar refractivity (Wildman–Crippen MR) is 124 cm³/mol. The summed E-state index contributed by atoms with van der Waals surface area (Å²) in [5, 5.41) is 10.2. The first kappa shape index (κ1) is 22.8. The van der Waals surface area contributed by atoms with Crippen LogP contribution in [0.15, 0.2) is 53.4 Å². The van der Waals surface area contributed by atoms with Crippen molar-refractivity contribution >= 4 is 63.7 Å². The van der Waals surface area contributed by atoms with Gasteiger partial charge in [0.2, 0.25) is 5.91 Å². The number of carbonyl (C=O) groups excluding carboxylic acids is 3. The third-order valence-corrected chi connectivity index (χ3v) is 6.04. The molecular formula is C21H18ClN3O4S2. The van der Waals surface area contributed by atoms with Gasteiger partial charge in [-0.05, 0) is 36.3 Å². The Morgan fingerprint density at radius 3 is 2.58 bits per heavy atom. The molecule has 10 heteroatoms. The lowest BCUT2D eigenvalue weighted by Gasteiger charge is -2.14. The molecule has 2 aromatic carbocycles. The first-order valence-electron chi connectivity index (χ1n) is 9.24. The maximum absolute atomic E-state index is 12.6. The Balaban J connectivity index is 1.48. The number of aromatic hydroxyl groups is 1. The number of rotatable bonds is 6. The predicted octanol–water partition coefficient (Wildman–Crippen LogP) is 3.49. The van der Waals surface area contributed by atoms with Crippen LogP contribution in [0.2, 0.25) is 5.02 Å². The summed E-state index contributed by atoms with van der Waals surface area (Å²) in [6.07, 6.45) is 2.12. The van der Waals surface area contributed by atoms with Crippen LogP contribution in [0.25, 0.3) is 6.08 Å². The highest BCUT2D eigenvalue weighted by molar-refractivity contribution is 8.26. The van der Waals surface area contributed by atoms with Gasteiger partial charge in [-0.1, -0.05) is 65.9 Å². The van der Waals surface area contributed by atoms with Crippen LogP contribution in [0.1, 0.15) is 28.8 Å². The number of thiocarbonyl (C=S) groups is 1. The van der Waals surface area contributed by atoms with Gasteiger partial charge in [0, 0.05) is 18.0 Å². The number of hydrogen-bond acceptors (Lipinski definition) is 6. The van der Waals surface area contributed by atoms with E-state index < -0.39 is 11.8 Å². The lowest BCUT2D eigenvalue weighted by molar-refractivity contribution is -0.124.